The van der Waals surface area contributed by atoms with E-state index in [0.717, 1.165) is 17.9 Å². The third-order valence-electron chi connectivity index (χ3n) is 4.09. The van der Waals surface area contributed by atoms with Gasteiger partial charge in [-0.25, -0.2) is 0 Å². The van der Waals surface area contributed by atoms with Crippen molar-refractivity contribution in [2.24, 2.45) is 4.99 Å². The van der Waals surface area contributed by atoms with Crippen LogP contribution >= 0.6 is 0 Å². The van der Waals surface area contributed by atoms with E-state index in [1.165, 1.54) is 6.26 Å². The molecule has 2 rings (SSSR count). The number of nitrogens with zero attached hydrogens (tertiary/aromatic N) is 1. The number of rotatable bonds is 14. The van der Waals surface area contributed by atoms with E-state index in [1.807, 2.05) is 38.1 Å². The molecule has 0 unspecified atom stereocenters. The van der Waals surface area contributed by atoms with Crippen LogP contribution in [0.5, 0.6) is 5.75 Å². The van der Waals surface area contributed by atoms with E-state index < -0.39 is 0 Å². The predicted molar refractivity (Wildman–Crippen MR) is 124 cm³/mol. The molecule has 0 saturated carbocycles. The molecule has 9 nitrogen and oxygen atoms in total. The van der Waals surface area contributed by atoms with Crippen molar-refractivity contribution in [3.05, 3.63) is 48.4 Å². The van der Waals surface area contributed by atoms with Crippen LogP contribution in [0.25, 0.3) is 0 Å². The maximum atomic E-state index is 12.0. The lowest BCUT2D eigenvalue weighted by Crippen LogP contribution is -2.38. The zero-order chi connectivity index (χ0) is 23.0. The van der Waals surface area contributed by atoms with Crippen LogP contribution in [0, 0.1) is 0 Å². The highest BCUT2D eigenvalue weighted by Gasteiger charge is 2.07. The monoisotopic (exact) mass is 446 g/mol. The Bertz CT molecular complexity index is 791. The Kier molecular flexibility index (Phi) is 11.7. The van der Waals surface area contributed by atoms with Crippen LogP contribution in [-0.4, -0.2) is 64.5 Å². The van der Waals surface area contributed by atoms with Crippen molar-refractivity contribution in [2.45, 2.75) is 26.4 Å². The van der Waals surface area contributed by atoms with Gasteiger partial charge in [0.25, 0.3) is 5.91 Å². The molecule has 0 fully saturated rings. The van der Waals surface area contributed by atoms with Crippen LogP contribution in [0.3, 0.4) is 0 Å². The van der Waals surface area contributed by atoms with E-state index >= 15 is 0 Å². The lowest BCUT2D eigenvalue weighted by Gasteiger charge is -2.14. The number of guanidine groups is 1. The number of methoxy groups -OCH3 is 1. The summed E-state index contributed by atoms with van der Waals surface area (Å²) >= 11 is 0. The Balaban J connectivity index is 1.84. The third-order valence-corrected chi connectivity index (χ3v) is 4.09. The van der Waals surface area contributed by atoms with E-state index in [1.54, 1.807) is 19.2 Å². The molecule has 0 aliphatic rings. The highest BCUT2D eigenvalue weighted by Crippen LogP contribution is 2.16. The summed E-state index contributed by atoms with van der Waals surface area (Å²) in [5.41, 5.74) is 0.878. The minimum Gasteiger partial charge on any atom is -0.491 e. The first-order valence-electron chi connectivity index (χ1n) is 10.8. The third kappa shape index (κ3) is 10.3. The van der Waals surface area contributed by atoms with Gasteiger partial charge >= 0.3 is 0 Å². The number of nitrogens with one attached hydrogen (secondary N) is 3. The van der Waals surface area contributed by atoms with E-state index in [4.69, 9.17) is 18.6 Å². The van der Waals surface area contributed by atoms with Gasteiger partial charge in [-0.15, -0.1) is 0 Å². The highest BCUT2D eigenvalue weighted by molar-refractivity contribution is 5.94. The standard InChI is InChI=1S/C23H34N4O5/c1-18(2)32-20-9-7-19(8-10-20)27-23(25-11-5-14-30-17-16-29-3)26-13-12-24-22(28)21-6-4-15-31-21/h4,6-10,15,18H,5,11-14,16-17H2,1-3H3,(H,24,28)(H2,25,26,27). The number of aliphatic imine (C=N–C) groups is 1. The molecule has 1 heterocycles. The quantitative estimate of drug-likeness (QED) is 0.233. The van der Waals surface area contributed by atoms with Crippen LogP contribution in [0.4, 0.5) is 5.69 Å². The average molecular weight is 447 g/mol. The van der Waals surface area contributed by atoms with Crippen molar-refractivity contribution >= 4 is 17.6 Å². The van der Waals surface area contributed by atoms with Crippen molar-refractivity contribution in [2.75, 3.05) is 51.9 Å². The molecule has 3 N–H and O–H groups in total. The number of hydrogen-bond donors (Lipinski definition) is 3. The summed E-state index contributed by atoms with van der Waals surface area (Å²) < 4.78 is 21.2. The predicted octanol–water partition coefficient (Wildman–Crippen LogP) is 2.91. The van der Waals surface area contributed by atoms with Gasteiger partial charge < -0.3 is 34.6 Å². The second-order valence-electron chi connectivity index (χ2n) is 7.17. The Morgan fingerprint density at radius 3 is 2.53 bits per heavy atom. The average Bonchev–Trinajstić information content (AvgIpc) is 3.32. The molecule has 0 bridgehead atoms. The summed E-state index contributed by atoms with van der Waals surface area (Å²) in [5.74, 6) is 1.46. The highest BCUT2D eigenvalue weighted by atomic mass is 16.5. The van der Waals surface area contributed by atoms with Gasteiger partial charge in [0.1, 0.15) is 5.75 Å². The molecule has 0 aliphatic heterocycles. The second kappa shape index (κ2) is 14.9. The number of carbonyl (C=O) groups is 1. The molecule has 176 valence electrons. The number of amides is 1. The second-order valence-corrected chi connectivity index (χ2v) is 7.17. The Labute approximate surface area is 189 Å². The summed E-state index contributed by atoms with van der Waals surface area (Å²) in [6, 6.07) is 11.0. The van der Waals surface area contributed by atoms with Crippen molar-refractivity contribution in [3.8, 4) is 5.75 Å². The number of hydrogen-bond acceptors (Lipinski definition) is 6. The lowest BCUT2D eigenvalue weighted by molar-refractivity contribution is 0.0702. The van der Waals surface area contributed by atoms with Crippen molar-refractivity contribution in [1.82, 2.24) is 10.6 Å². The van der Waals surface area contributed by atoms with E-state index in [9.17, 15) is 4.79 Å². The number of ether oxygens (including phenoxy) is 3. The van der Waals surface area contributed by atoms with Crippen LogP contribution in [0.15, 0.2) is 52.1 Å². The minimum atomic E-state index is -0.253. The molecule has 0 radical (unpaired) electrons. The summed E-state index contributed by atoms with van der Waals surface area (Å²) in [5, 5.41) is 9.31. The Morgan fingerprint density at radius 2 is 1.84 bits per heavy atom. The summed E-state index contributed by atoms with van der Waals surface area (Å²) in [6.45, 7) is 7.26. The van der Waals surface area contributed by atoms with Gasteiger partial charge in [-0.3, -0.25) is 9.79 Å². The zero-order valence-corrected chi connectivity index (χ0v) is 19.1. The molecular formula is C23H34N4O5. The largest absolute Gasteiger partial charge is 0.491 e. The molecule has 32 heavy (non-hydrogen) atoms. The van der Waals surface area contributed by atoms with E-state index in [-0.39, 0.29) is 17.8 Å². The summed E-state index contributed by atoms with van der Waals surface area (Å²) in [7, 11) is 1.65. The molecule has 2 aromatic rings. The lowest BCUT2D eigenvalue weighted by atomic mass is 10.3. The zero-order valence-electron chi connectivity index (χ0n) is 19.1. The fraction of sp³-hybridized carbons (Fsp3) is 0.478. The fourth-order valence-electron chi connectivity index (χ4n) is 2.62. The Hall–Kier alpha value is -3.04. The van der Waals surface area contributed by atoms with Gasteiger partial charge in [0.2, 0.25) is 0 Å². The molecule has 0 saturated heterocycles. The fourth-order valence-corrected chi connectivity index (χ4v) is 2.62. The minimum absolute atomic E-state index is 0.120. The van der Waals surface area contributed by atoms with Crippen molar-refractivity contribution in [3.63, 3.8) is 0 Å². The van der Waals surface area contributed by atoms with Crippen LogP contribution in [-0.2, 0) is 9.47 Å². The molecule has 0 spiro atoms. The van der Waals surface area contributed by atoms with Gasteiger partial charge in [-0.1, -0.05) is 0 Å². The van der Waals surface area contributed by atoms with Gasteiger partial charge in [0.15, 0.2) is 11.7 Å². The maximum absolute atomic E-state index is 12.0. The Morgan fingerprint density at radius 1 is 1.06 bits per heavy atom. The normalized spacial score (nSPS) is 11.4. The molecule has 1 amide bonds. The molecule has 1 aromatic carbocycles. The summed E-state index contributed by atoms with van der Waals surface area (Å²) in [4.78, 5) is 16.6. The van der Waals surface area contributed by atoms with Crippen LogP contribution in [0.2, 0.25) is 0 Å². The maximum Gasteiger partial charge on any atom is 0.287 e. The SMILES string of the molecule is COCCOCCCN=C(NCCNC(=O)c1ccco1)Nc1ccc(OC(C)C)cc1. The van der Waals surface area contributed by atoms with Crippen molar-refractivity contribution in [1.29, 1.82) is 0 Å². The number of carbonyl (C=O) groups excluding carboxylic acids is 1. The van der Waals surface area contributed by atoms with Gasteiger partial charge in [0, 0.05) is 39.0 Å². The van der Waals surface area contributed by atoms with Gasteiger partial charge in [-0.2, -0.15) is 0 Å². The van der Waals surface area contributed by atoms with E-state index in [0.29, 0.717) is 45.4 Å². The van der Waals surface area contributed by atoms with E-state index in [2.05, 4.69) is 20.9 Å². The topological polar surface area (TPSA) is 106 Å². The van der Waals surface area contributed by atoms with Crippen LogP contribution < -0.4 is 20.7 Å². The van der Waals surface area contributed by atoms with Gasteiger partial charge in [-0.05, 0) is 56.7 Å². The molecule has 0 atom stereocenters. The number of anilines is 1. The molecular weight excluding hydrogens is 412 g/mol. The summed E-state index contributed by atoms with van der Waals surface area (Å²) in [6.07, 6.45) is 2.38. The first-order valence-corrected chi connectivity index (χ1v) is 10.8. The number of benzene rings is 1. The first kappa shape index (κ1) is 25.2. The van der Waals surface area contributed by atoms with Gasteiger partial charge in [0.05, 0.1) is 25.6 Å². The smallest absolute Gasteiger partial charge is 0.287 e. The van der Waals surface area contributed by atoms with Crippen LogP contribution in [0.1, 0.15) is 30.8 Å². The molecule has 0 aliphatic carbocycles. The molecule has 1 aromatic heterocycles. The van der Waals surface area contributed by atoms with Crippen molar-refractivity contribution < 1.29 is 23.4 Å². The first-order chi connectivity index (χ1) is 15.6. The molecule has 9 heteroatoms. The number of furan rings is 1.